The second-order valence-electron chi connectivity index (χ2n) is 3.88. The fourth-order valence-corrected chi connectivity index (χ4v) is 1.83. The highest BCUT2D eigenvalue weighted by atomic mass is 16.3. The minimum absolute atomic E-state index is 0.159. The number of hydrogen-bond acceptors (Lipinski definition) is 3. The predicted octanol–water partition coefficient (Wildman–Crippen LogP) is 0.572. The van der Waals surface area contributed by atoms with Crippen LogP contribution in [0, 0.1) is 0 Å². The van der Waals surface area contributed by atoms with E-state index in [9.17, 15) is 9.90 Å². The molecule has 2 rings (SSSR count). The highest BCUT2D eigenvalue weighted by molar-refractivity contribution is 5.98. The van der Waals surface area contributed by atoms with E-state index in [1.54, 1.807) is 28.8 Å². The Balaban J connectivity index is 2.41. The van der Waals surface area contributed by atoms with E-state index in [0.717, 1.165) is 10.9 Å². The molecular formula is C12H15N3O2. The molecule has 5 nitrogen and oxygen atoms in total. The lowest BCUT2D eigenvalue weighted by Crippen LogP contribution is -2.30. The van der Waals surface area contributed by atoms with E-state index in [0.29, 0.717) is 18.8 Å². The van der Waals surface area contributed by atoms with Crippen LogP contribution >= 0.6 is 0 Å². The van der Waals surface area contributed by atoms with Crippen molar-refractivity contribution >= 4 is 16.8 Å². The Bertz CT molecular complexity index is 560. The zero-order valence-corrected chi connectivity index (χ0v) is 9.60. The van der Waals surface area contributed by atoms with Crippen LogP contribution in [0.4, 0.5) is 0 Å². The zero-order chi connectivity index (χ0) is 12.4. The molecule has 1 aromatic heterocycles. The minimum atomic E-state index is -0.159. The summed E-state index contributed by atoms with van der Waals surface area (Å²) in [6.45, 7) is 0.863. The SMILES string of the molecule is Cn1c(C(=O)NCCN)cc2cc(O)ccc21. The van der Waals surface area contributed by atoms with Gasteiger partial charge in [-0.2, -0.15) is 0 Å². The summed E-state index contributed by atoms with van der Waals surface area (Å²) in [5.74, 6) is 0.0330. The van der Waals surface area contributed by atoms with Crippen LogP contribution in [0.15, 0.2) is 24.3 Å². The van der Waals surface area contributed by atoms with Crippen LogP contribution < -0.4 is 11.1 Å². The summed E-state index contributed by atoms with van der Waals surface area (Å²) in [7, 11) is 1.82. The van der Waals surface area contributed by atoms with Crippen LogP contribution in [-0.2, 0) is 7.05 Å². The van der Waals surface area contributed by atoms with Crippen molar-refractivity contribution < 1.29 is 9.90 Å². The molecule has 17 heavy (non-hydrogen) atoms. The zero-order valence-electron chi connectivity index (χ0n) is 9.60. The van der Waals surface area contributed by atoms with Crippen molar-refractivity contribution in [3.05, 3.63) is 30.0 Å². The summed E-state index contributed by atoms with van der Waals surface area (Å²) in [5.41, 5.74) is 6.79. The molecule has 0 atom stereocenters. The van der Waals surface area contributed by atoms with Gasteiger partial charge in [-0.15, -0.1) is 0 Å². The van der Waals surface area contributed by atoms with Crippen LogP contribution in [-0.4, -0.2) is 28.7 Å². The molecule has 5 heteroatoms. The number of fused-ring (bicyclic) bond motifs is 1. The molecule has 0 spiro atoms. The van der Waals surface area contributed by atoms with Crippen LogP contribution in [0.1, 0.15) is 10.5 Å². The average molecular weight is 233 g/mol. The summed E-state index contributed by atoms with van der Waals surface area (Å²) in [4.78, 5) is 11.8. The average Bonchev–Trinajstić information content (AvgIpc) is 2.63. The third-order valence-corrected chi connectivity index (χ3v) is 2.69. The first-order valence-corrected chi connectivity index (χ1v) is 5.40. The molecule has 2 aromatic rings. The van der Waals surface area contributed by atoms with Gasteiger partial charge in [0.2, 0.25) is 0 Å². The number of amides is 1. The Morgan fingerprint density at radius 3 is 2.94 bits per heavy atom. The van der Waals surface area contributed by atoms with Crippen molar-refractivity contribution in [1.82, 2.24) is 9.88 Å². The van der Waals surface area contributed by atoms with E-state index in [4.69, 9.17) is 5.73 Å². The number of rotatable bonds is 3. The smallest absolute Gasteiger partial charge is 0.267 e. The van der Waals surface area contributed by atoms with Gasteiger partial charge in [0.1, 0.15) is 11.4 Å². The maximum Gasteiger partial charge on any atom is 0.267 e. The van der Waals surface area contributed by atoms with Gasteiger partial charge in [0, 0.05) is 31.0 Å². The van der Waals surface area contributed by atoms with Gasteiger partial charge in [0.15, 0.2) is 0 Å². The number of phenolic OH excluding ortho intramolecular Hbond substituents is 1. The monoisotopic (exact) mass is 233 g/mol. The first kappa shape index (κ1) is 11.5. The van der Waals surface area contributed by atoms with Crippen molar-refractivity contribution in [1.29, 1.82) is 0 Å². The third kappa shape index (κ3) is 2.09. The van der Waals surface area contributed by atoms with Gasteiger partial charge in [0.05, 0.1) is 0 Å². The van der Waals surface area contributed by atoms with Gasteiger partial charge < -0.3 is 20.7 Å². The summed E-state index contributed by atoms with van der Waals surface area (Å²) < 4.78 is 1.79. The van der Waals surface area contributed by atoms with E-state index in [1.165, 1.54) is 0 Å². The molecule has 0 aliphatic carbocycles. The molecule has 0 radical (unpaired) electrons. The van der Waals surface area contributed by atoms with E-state index in [1.807, 2.05) is 7.05 Å². The number of carbonyl (C=O) groups excluding carboxylic acids is 1. The topological polar surface area (TPSA) is 80.3 Å². The molecule has 0 aliphatic heterocycles. The van der Waals surface area contributed by atoms with Gasteiger partial charge in [-0.05, 0) is 24.3 Å². The number of aryl methyl sites for hydroxylation is 1. The van der Waals surface area contributed by atoms with Crippen LogP contribution in [0.2, 0.25) is 0 Å². The van der Waals surface area contributed by atoms with Gasteiger partial charge >= 0.3 is 0 Å². The van der Waals surface area contributed by atoms with Crippen molar-refractivity contribution in [2.75, 3.05) is 13.1 Å². The van der Waals surface area contributed by atoms with E-state index >= 15 is 0 Å². The second kappa shape index (κ2) is 4.47. The Morgan fingerprint density at radius 1 is 1.47 bits per heavy atom. The normalized spacial score (nSPS) is 10.7. The van der Waals surface area contributed by atoms with Crippen LogP contribution in [0.25, 0.3) is 10.9 Å². The molecule has 1 heterocycles. The predicted molar refractivity (Wildman–Crippen MR) is 66.0 cm³/mol. The summed E-state index contributed by atoms with van der Waals surface area (Å²) in [6, 6.07) is 6.77. The largest absolute Gasteiger partial charge is 0.508 e. The molecule has 90 valence electrons. The lowest BCUT2D eigenvalue weighted by atomic mass is 10.2. The first-order chi connectivity index (χ1) is 8.13. The fraction of sp³-hybridized carbons (Fsp3) is 0.250. The van der Waals surface area contributed by atoms with Gasteiger partial charge in [-0.1, -0.05) is 0 Å². The molecule has 0 saturated heterocycles. The number of nitrogens with two attached hydrogens (primary N) is 1. The standard InChI is InChI=1S/C12H15N3O2/c1-15-10-3-2-9(16)6-8(10)7-11(15)12(17)14-5-4-13/h2-3,6-7,16H,4-5,13H2,1H3,(H,14,17). The van der Waals surface area contributed by atoms with Gasteiger partial charge in [0.25, 0.3) is 5.91 Å². The van der Waals surface area contributed by atoms with Crippen molar-refractivity contribution in [3.63, 3.8) is 0 Å². The molecule has 4 N–H and O–H groups in total. The Morgan fingerprint density at radius 2 is 2.24 bits per heavy atom. The number of aromatic hydroxyl groups is 1. The van der Waals surface area contributed by atoms with Crippen molar-refractivity contribution in [3.8, 4) is 5.75 Å². The van der Waals surface area contributed by atoms with Crippen LogP contribution in [0.5, 0.6) is 5.75 Å². The molecule has 0 fully saturated rings. The van der Waals surface area contributed by atoms with Gasteiger partial charge in [-0.3, -0.25) is 4.79 Å². The minimum Gasteiger partial charge on any atom is -0.508 e. The quantitative estimate of drug-likeness (QED) is 0.725. The third-order valence-electron chi connectivity index (χ3n) is 2.69. The van der Waals surface area contributed by atoms with Crippen molar-refractivity contribution in [2.24, 2.45) is 12.8 Å². The number of benzene rings is 1. The van der Waals surface area contributed by atoms with E-state index in [-0.39, 0.29) is 11.7 Å². The molecule has 1 aromatic carbocycles. The molecule has 1 amide bonds. The summed E-state index contributed by atoms with van der Waals surface area (Å²) in [5, 5.41) is 12.9. The summed E-state index contributed by atoms with van der Waals surface area (Å²) >= 11 is 0. The van der Waals surface area contributed by atoms with E-state index in [2.05, 4.69) is 5.32 Å². The Labute approximate surface area is 98.8 Å². The fourth-order valence-electron chi connectivity index (χ4n) is 1.83. The van der Waals surface area contributed by atoms with E-state index < -0.39 is 0 Å². The molecule has 0 saturated carbocycles. The Hall–Kier alpha value is -2.01. The molecular weight excluding hydrogens is 218 g/mol. The lowest BCUT2D eigenvalue weighted by molar-refractivity contribution is 0.0947. The molecule has 0 unspecified atom stereocenters. The number of aromatic nitrogens is 1. The summed E-state index contributed by atoms with van der Waals surface area (Å²) in [6.07, 6.45) is 0. The number of hydrogen-bond donors (Lipinski definition) is 3. The molecule has 0 bridgehead atoms. The van der Waals surface area contributed by atoms with Gasteiger partial charge in [-0.25, -0.2) is 0 Å². The van der Waals surface area contributed by atoms with Crippen molar-refractivity contribution in [2.45, 2.75) is 0 Å². The lowest BCUT2D eigenvalue weighted by Gasteiger charge is -2.04. The number of nitrogens with one attached hydrogen (secondary N) is 1. The molecule has 0 aliphatic rings. The first-order valence-electron chi connectivity index (χ1n) is 5.40. The second-order valence-corrected chi connectivity index (χ2v) is 3.88. The van der Waals surface area contributed by atoms with Crippen LogP contribution in [0.3, 0.4) is 0 Å². The number of phenols is 1. The maximum absolute atomic E-state index is 11.8. The Kier molecular flexibility index (Phi) is 3.01. The number of nitrogens with zero attached hydrogens (tertiary/aromatic N) is 1. The maximum atomic E-state index is 11.8. The number of carbonyl (C=O) groups is 1. The highest BCUT2D eigenvalue weighted by Crippen LogP contribution is 2.22. The highest BCUT2D eigenvalue weighted by Gasteiger charge is 2.12.